The minimum atomic E-state index is -0.199. The molecule has 38 heavy (non-hydrogen) atoms. The van der Waals surface area contributed by atoms with E-state index in [4.69, 9.17) is 21.3 Å². The van der Waals surface area contributed by atoms with E-state index in [-0.39, 0.29) is 11.5 Å². The molecule has 0 spiro atoms. The molecule has 3 aromatic carbocycles. The van der Waals surface area contributed by atoms with E-state index in [9.17, 15) is 4.79 Å². The summed E-state index contributed by atoms with van der Waals surface area (Å²) < 4.78 is 11.1. The van der Waals surface area contributed by atoms with Gasteiger partial charge in [0, 0.05) is 35.5 Å². The molecular formula is C28H22Br4ClN3O2. The second-order valence-electron chi connectivity index (χ2n) is 9.16. The summed E-state index contributed by atoms with van der Waals surface area (Å²) in [5.41, 5.74) is 2.11. The molecule has 0 radical (unpaired) electrons. The van der Waals surface area contributed by atoms with Crippen LogP contribution in [0.15, 0.2) is 76.3 Å². The van der Waals surface area contributed by atoms with E-state index in [1.807, 2.05) is 30.3 Å². The molecule has 1 aliphatic rings. The van der Waals surface area contributed by atoms with Gasteiger partial charge in [-0.15, -0.1) is 0 Å². The summed E-state index contributed by atoms with van der Waals surface area (Å²) in [5.74, 6) is 1.46. The lowest BCUT2D eigenvalue weighted by atomic mass is 9.88. The molecular weight excluding hydrogens is 765 g/mol. The minimum Gasteiger partial charge on any atom is -0.487 e. The number of aromatic nitrogens is 2. The Morgan fingerprint density at radius 1 is 0.974 bits per heavy atom. The molecule has 0 amide bonds. The number of fused-ring (bicyclic) bond motifs is 1. The molecule has 0 saturated heterocycles. The van der Waals surface area contributed by atoms with Crippen LogP contribution in [-0.2, 0) is 6.61 Å². The molecule has 196 valence electrons. The smallest absolute Gasteiger partial charge is 0.282 e. The molecule has 0 unspecified atom stereocenters. The Hall–Kier alpha value is -1.52. The van der Waals surface area contributed by atoms with Crippen LogP contribution in [0.3, 0.4) is 0 Å². The van der Waals surface area contributed by atoms with Crippen molar-refractivity contribution in [3.05, 3.63) is 98.7 Å². The number of benzene rings is 3. The molecule has 1 fully saturated rings. The van der Waals surface area contributed by atoms with Crippen molar-refractivity contribution in [2.75, 3.05) is 0 Å². The van der Waals surface area contributed by atoms with Gasteiger partial charge in [-0.1, -0.05) is 84.7 Å². The molecule has 0 aliphatic heterocycles. The number of hydrogen-bond donors (Lipinski definition) is 0. The van der Waals surface area contributed by atoms with Crippen molar-refractivity contribution in [3.63, 3.8) is 0 Å². The highest BCUT2D eigenvalue weighted by atomic mass is 79.9. The maximum absolute atomic E-state index is 13.7. The normalized spacial score (nSPS) is 14.4. The summed E-state index contributed by atoms with van der Waals surface area (Å²) in [6, 6.07) is 15.1. The fourth-order valence-electron chi connectivity index (χ4n) is 4.64. The van der Waals surface area contributed by atoms with Gasteiger partial charge in [0.15, 0.2) is 0 Å². The van der Waals surface area contributed by atoms with Crippen LogP contribution < -0.4 is 10.3 Å². The lowest BCUT2D eigenvalue weighted by molar-refractivity contribution is 0.303. The molecule has 10 heteroatoms. The summed E-state index contributed by atoms with van der Waals surface area (Å²) in [7, 11) is 0. The Kier molecular flexibility index (Phi) is 9.10. The summed E-state index contributed by atoms with van der Waals surface area (Å²) in [4.78, 5) is 18.6. The molecule has 0 bridgehead atoms. The molecule has 1 aliphatic carbocycles. The number of ether oxygens (including phenoxy) is 1. The van der Waals surface area contributed by atoms with Crippen molar-refractivity contribution < 1.29 is 4.74 Å². The van der Waals surface area contributed by atoms with Gasteiger partial charge in [0.25, 0.3) is 5.56 Å². The Morgan fingerprint density at radius 2 is 1.71 bits per heavy atom. The third-order valence-corrected chi connectivity index (χ3v) is 9.07. The largest absolute Gasteiger partial charge is 0.487 e. The molecule has 1 heterocycles. The standard InChI is InChI=1S/C28H22Br4ClN3O2/c29-19-8-9-25-22(11-19)28(37)36(27(35-25)16-4-2-1-3-5-16)34-14-18-10-21(33)13-24(32)26(18)38-15-17-6-7-20(30)12-23(17)31/h6-14,16H,1-5,15H2. The van der Waals surface area contributed by atoms with Gasteiger partial charge < -0.3 is 4.74 Å². The van der Waals surface area contributed by atoms with Gasteiger partial charge in [0.2, 0.25) is 0 Å². The van der Waals surface area contributed by atoms with Gasteiger partial charge >= 0.3 is 0 Å². The lowest BCUT2D eigenvalue weighted by Crippen LogP contribution is -2.25. The molecule has 1 aromatic heterocycles. The van der Waals surface area contributed by atoms with Crippen molar-refractivity contribution in [2.24, 2.45) is 5.10 Å². The molecule has 0 atom stereocenters. The van der Waals surface area contributed by atoms with E-state index in [1.165, 1.54) is 11.1 Å². The van der Waals surface area contributed by atoms with Crippen LogP contribution in [0.5, 0.6) is 5.75 Å². The van der Waals surface area contributed by atoms with Gasteiger partial charge in [-0.05, 0) is 71.2 Å². The van der Waals surface area contributed by atoms with Gasteiger partial charge in [0.1, 0.15) is 18.2 Å². The molecule has 1 saturated carbocycles. The minimum absolute atomic E-state index is 0.179. The van der Waals surface area contributed by atoms with E-state index in [2.05, 4.69) is 68.8 Å². The third kappa shape index (κ3) is 6.28. The van der Waals surface area contributed by atoms with E-state index in [0.29, 0.717) is 44.1 Å². The zero-order valence-corrected chi connectivity index (χ0v) is 27.2. The van der Waals surface area contributed by atoms with Gasteiger partial charge in [-0.25, -0.2) is 4.98 Å². The SMILES string of the molecule is O=c1c2cc(Br)ccc2nc(C2CCCCC2)n1N=Cc1cc(Cl)cc(Br)c1OCc1ccc(Br)cc1Br. The fourth-order valence-corrected chi connectivity index (χ4v) is 7.11. The zero-order valence-electron chi connectivity index (χ0n) is 20.1. The Morgan fingerprint density at radius 3 is 2.47 bits per heavy atom. The summed E-state index contributed by atoms with van der Waals surface area (Å²) in [6.07, 6.45) is 7.05. The van der Waals surface area contributed by atoms with E-state index in [0.717, 1.165) is 44.7 Å². The van der Waals surface area contributed by atoms with Gasteiger partial charge in [-0.3, -0.25) is 4.79 Å². The quantitative estimate of drug-likeness (QED) is 0.183. The van der Waals surface area contributed by atoms with Gasteiger partial charge in [-0.2, -0.15) is 9.78 Å². The van der Waals surface area contributed by atoms with Gasteiger partial charge in [0.05, 0.1) is 21.6 Å². The number of nitrogens with zero attached hydrogens (tertiary/aromatic N) is 3. The zero-order chi connectivity index (χ0) is 26.8. The first-order chi connectivity index (χ1) is 18.3. The monoisotopic (exact) mass is 783 g/mol. The fraction of sp³-hybridized carbons (Fsp3) is 0.250. The van der Waals surface area contributed by atoms with E-state index in [1.54, 1.807) is 24.4 Å². The maximum Gasteiger partial charge on any atom is 0.282 e. The average molecular weight is 788 g/mol. The Bertz CT molecular complexity index is 1600. The van der Waals surface area contributed by atoms with Crippen LogP contribution in [0.4, 0.5) is 0 Å². The van der Waals surface area contributed by atoms with Crippen molar-refractivity contribution in [1.82, 2.24) is 9.66 Å². The molecule has 5 rings (SSSR count). The summed E-state index contributed by atoms with van der Waals surface area (Å²) in [6.45, 7) is 0.327. The van der Waals surface area contributed by atoms with Crippen LogP contribution in [0.1, 0.15) is 55.0 Å². The predicted molar refractivity (Wildman–Crippen MR) is 168 cm³/mol. The van der Waals surface area contributed by atoms with Crippen molar-refractivity contribution in [3.8, 4) is 5.75 Å². The summed E-state index contributed by atoms with van der Waals surface area (Å²) >= 11 is 20.5. The highest BCUT2D eigenvalue weighted by molar-refractivity contribution is 9.11. The maximum atomic E-state index is 13.7. The predicted octanol–water partition coefficient (Wildman–Crippen LogP) is 9.61. The highest BCUT2D eigenvalue weighted by Crippen LogP contribution is 2.35. The van der Waals surface area contributed by atoms with E-state index < -0.39 is 0 Å². The van der Waals surface area contributed by atoms with Crippen LogP contribution in [-0.4, -0.2) is 15.9 Å². The van der Waals surface area contributed by atoms with Crippen LogP contribution >= 0.6 is 75.3 Å². The second-order valence-corrected chi connectivity index (χ2v) is 13.1. The van der Waals surface area contributed by atoms with Crippen LogP contribution in [0, 0.1) is 0 Å². The highest BCUT2D eigenvalue weighted by Gasteiger charge is 2.23. The average Bonchev–Trinajstić information content (AvgIpc) is 2.89. The van der Waals surface area contributed by atoms with Crippen molar-refractivity contribution in [2.45, 2.75) is 44.6 Å². The number of rotatable bonds is 6. The lowest BCUT2D eigenvalue weighted by Gasteiger charge is -2.22. The number of hydrogen-bond acceptors (Lipinski definition) is 4. The van der Waals surface area contributed by atoms with Crippen molar-refractivity contribution in [1.29, 1.82) is 0 Å². The molecule has 0 N–H and O–H groups in total. The van der Waals surface area contributed by atoms with Crippen LogP contribution in [0.2, 0.25) is 5.02 Å². The van der Waals surface area contributed by atoms with Crippen LogP contribution in [0.25, 0.3) is 10.9 Å². The molecule has 4 aromatic rings. The number of halogens is 5. The first kappa shape index (κ1) is 28.0. The first-order valence-corrected chi connectivity index (χ1v) is 15.7. The van der Waals surface area contributed by atoms with E-state index >= 15 is 0 Å². The Balaban J connectivity index is 1.56. The first-order valence-electron chi connectivity index (χ1n) is 12.1. The molecule has 5 nitrogen and oxygen atoms in total. The topological polar surface area (TPSA) is 56.5 Å². The summed E-state index contributed by atoms with van der Waals surface area (Å²) in [5, 5.41) is 5.72. The second kappa shape index (κ2) is 12.3. The third-order valence-electron chi connectivity index (χ3n) is 6.54. The van der Waals surface area contributed by atoms with Crippen molar-refractivity contribution >= 4 is 92.4 Å². The Labute approximate surface area is 259 Å².